The van der Waals surface area contributed by atoms with Crippen molar-refractivity contribution in [2.45, 2.75) is 32.5 Å². The second kappa shape index (κ2) is 7.13. The van der Waals surface area contributed by atoms with E-state index in [2.05, 4.69) is 10.6 Å². The fourth-order valence-electron chi connectivity index (χ4n) is 3.28. The first-order valence-corrected chi connectivity index (χ1v) is 8.65. The number of nitrogens with zero attached hydrogens (tertiary/aromatic N) is 2. The predicted octanol–water partition coefficient (Wildman–Crippen LogP) is 0.563. The Labute approximate surface area is 147 Å². The van der Waals surface area contributed by atoms with Crippen molar-refractivity contribution < 1.29 is 14.4 Å². The minimum absolute atomic E-state index is 0.0459. The lowest BCUT2D eigenvalue weighted by Crippen LogP contribution is -2.70. The van der Waals surface area contributed by atoms with Gasteiger partial charge >= 0.3 is 6.03 Å². The Morgan fingerprint density at radius 2 is 1.96 bits per heavy atom. The third-order valence-electron chi connectivity index (χ3n) is 4.77. The van der Waals surface area contributed by atoms with E-state index in [-0.39, 0.29) is 30.3 Å². The highest BCUT2D eigenvalue weighted by Crippen LogP contribution is 2.19. The van der Waals surface area contributed by atoms with Crippen molar-refractivity contribution in [1.29, 1.82) is 0 Å². The molecule has 4 amide bonds. The third kappa shape index (κ3) is 3.60. The molecule has 134 valence electrons. The van der Waals surface area contributed by atoms with E-state index in [1.165, 1.54) is 0 Å². The van der Waals surface area contributed by atoms with Gasteiger partial charge in [0.1, 0.15) is 12.1 Å². The van der Waals surface area contributed by atoms with Crippen LogP contribution in [0, 0.1) is 5.92 Å². The fourth-order valence-corrected chi connectivity index (χ4v) is 3.28. The van der Waals surface area contributed by atoms with Crippen LogP contribution in [0.1, 0.15) is 19.4 Å². The molecule has 3 rings (SSSR count). The molecule has 7 heteroatoms. The zero-order valence-electron chi connectivity index (χ0n) is 14.6. The molecule has 2 aliphatic rings. The van der Waals surface area contributed by atoms with Crippen LogP contribution in [-0.2, 0) is 16.1 Å². The van der Waals surface area contributed by atoms with Crippen molar-refractivity contribution in [2.75, 3.05) is 19.6 Å². The van der Waals surface area contributed by atoms with Gasteiger partial charge in [-0.3, -0.25) is 9.59 Å². The highest BCUT2D eigenvalue weighted by Gasteiger charge is 2.44. The SMILES string of the molecule is CC(C)[C@@H]1NC(=O)[C@H]2CN(C(=O)NCc3ccccc3)CCN2C1=O. The second-order valence-corrected chi connectivity index (χ2v) is 6.87. The van der Waals surface area contributed by atoms with Crippen LogP contribution in [0.15, 0.2) is 30.3 Å². The van der Waals surface area contributed by atoms with Crippen LogP contribution in [-0.4, -0.2) is 59.4 Å². The number of hydrogen-bond acceptors (Lipinski definition) is 3. The second-order valence-electron chi connectivity index (χ2n) is 6.87. The van der Waals surface area contributed by atoms with Gasteiger partial charge in [-0.1, -0.05) is 44.2 Å². The van der Waals surface area contributed by atoms with Gasteiger partial charge in [-0.15, -0.1) is 0 Å². The molecule has 2 heterocycles. The van der Waals surface area contributed by atoms with Crippen molar-refractivity contribution in [3.8, 4) is 0 Å². The Hall–Kier alpha value is -2.57. The van der Waals surface area contributed by atoms with Gasteiger partial charge < -0.3 is 20.4 Å². The molecule has 25 heavy (non-hydrogen) atoms. The summed E-state index contributed by atoms with van der Waals surface area (Å²) in [7, 11) is 0. The summed E-state index contributed by atoms with van der Waals surface area (Å²) in [6, 6.07) is 8.37. The minimum atomic E-state index is -0.598. The van der Waals surface area contributed by atoms with Gasteiger partial charge in [0, 0.05) is 19.6 Å². The molecule has 0 unspecified atom stereocenters. The first-order chi connectivity index (χ1) is 12.0. The van der Waals surface area contributed by atoms with E-state index in [0.717, 1.165) is 5.56 Å². The molecule has 2 N–H and O–H groups in total. The van der Waals surface area contributed by atoms with Crippen LogP contribution in [0.5, 0.6) is 0 Å². The number of rotatable bonds is 3. The molecular weight excluding hydrogens is 320 g/mol. The maximum Gasteiger partial charge on any atom is 0.317 e. The average Bonchev–Trinajstić information content (AvgIpc) is 2.63. The van der Waals surface area contributed by atoms with E-state index in [0.29, 0.717) is 19.6 Å². The summed E-state index contributed by atoms with van der Waals surface area (Å²) in [5.41, 5.74) is 1.01. The summed E-state index contributed by atoms with van der Waals surface area (Å²) in [5.74, 6) is -0.188. The molecule has 0 radical (unpaired) electrons. The average molecular weight is 344 g/mol. The van der Waals surface area contributed by atoms with E-state index in [9.17, 15) is 14.4 Å². The highest BCUT2D eigenvalue weighted by molar-refractivity contribution is 5.97. The molecule has 0 aliphatic carbocycles. The maximum atomic E-state index is 12.5. The van der Waals surface area contributed by atoms with E-state index in [1.54, 1.807) is 9.80 Å². The summed E-state index contributed by atoms with van der Waals surface area (Å²) in [4.78, 5) is 40.5. The van der Waals surface area contributed by atoms with Crippen LogP contribution in [0.2, 0.25) is 0 Å². The molecule has 1 aromatic carbocycles. The molecule has 0 saturated carbocycles. The summed E-state index contributed by atoms with van der Waals surface area (Å²) in [6.45, 7) is 5.31. The molecule has 2 saturated heterocycles. The largest absolute Gasteiger partial charge is 0.342 e. The van der Waals surface area contributed by atoms with Gasteiger partial charge in [-0.05, 0) is 11.5 Å². The molecule has 0 bridgehead atoms. The number of amides is 4. The Bertz CT molecular complexity index is 662. The van der Waals surface area contributed by atoms with Crippen molar-refractivity contribution in [1.82, 2.24) is 20.4 Å². The molecule has 1 aromatic rings. The molecular formula is C18H24N4O3. The number of hydrogen-bond donors (Lipinski definition) is 2. The van der Waals surface area contributed by atoms with Crippen molar-refractivity contribution >= 4 is 17.8 Å². The van der Waals surface area contributed by atoms with Gasteiger partial charge in [0.25, 0.3) is 0 Å². The van der Waals surface area contributed by atoms with Crippen molar-refractivity contribution in [2.24, 2.45) is 5.92 Å². The fraction of sp³-hybridized carbons (Fsp3) is 0.500. The van der Waals surface area contributed by atoms with E-state index in [4.69, 9.17) is 0 Å². The van der Waals surface area contributed by atoms with Crippen molar-refractivity contribution in [3.05, 3.63) is 35.9 Å². The van der Waals surface area contributed by atoms with Crippen molar-refractivity contribution in [3.63, 3.8) is 0 Å². The Balaban J connectivity index is 1.60. The number of benzene rings is 1. The topological polar surface area (TPSA) is 81.8 Å². The number of carbonyl (C=O) groups excluding carboxylic acids is 3. The molecule has 0 spiro atoms. The van der Waals surface area contributed by atoms with Crippen LogP contribution in [0.25, 0.3) is 0 Å². The zero-order chi connectivity index (χ0) is 18.0. The summed E-state index contributed by atoms with van der Waals surface area (Å²) in [5, 5.41) is 5.66. The number of carbonyl (C=O) groups is 3. The molecule has 2 atom stereocenters. The minimum Gasteiger partial charge on any atom is -0.342 e. The first kappa shape index (κ1) is 17.3. The van der Waals surface area contributed by atoms with Gasteiger partial charge in [-0.2, -0.15) is 0 Å². The summed E-state index contributed by atoms with van der Waals surface area (Å²) < 4.78 is 0. The zero-order valence-corrected chi connectivity index (χ0v) is 14.6. The molecule has 2 aliphatic heterocycles. The summed E-state index contributed by atoms with van der Waals surface area (Å²) in [6.07, 6.45) is 0. The van der Waals surface area contributed by atoms with Gasteiger partial charge in [0.15, 0.2) is 0 Å². The number of piperazine rings is 2. The lowest BCUT2D eigenvalue weighted by molar-refractivity contribution is -0.153. The normalized spacial score (nSPS) is 23.3. The first-order valence-electron chi connectivity index (χ1n) is 8.65. The number of fused-ring (bicyclic) bond motifs is 1. The number of nitrogens with one attached hydrogen (secondary N) is 2. The van der Waals surface area contributed by atoms with Crippen LogP contribution >= 0.6 is 0 Å². The highest BCUT2D eigenvalue weighted by atomic mass is 16.2. The monoisotopic (exact) mass is 344 g/mol. The smallest absolute Gasteiger partial charge is 0.317 e. The van der Waals surface area contributed by atoms with Gasteiger partial charge in [0.05, 0.1) is 6.54 Å². The van der Waals surface area contributed by atoms with E-state index in [1.807, 2.05) is 44.2 Å². The Kier molecular flexibility index (Phi) is 4.92. The standard InChI is InChI=1S/C18H24N4O3/c1-12(2)15-17(24)22-9-8-21(11-14(22)16(23)20-15)18(25)19-10-13-6-4-3-5-7-13/h3-7,12,14-15H,8-11H2,1-2H3,(H,19,25)(H,20,23)/t14-,15+/m1/s1. The Morgan fingerprint density at radius 1 is 1.24 bits per heavy atom. The van der Waals surface area contributed by atoms with E-state index >= 15 is 0 Å². The molecule has 0 aromatic heterocycles. The maximum absolute atomic E-state index is 12.5. The molecule has 7 nitrogen and oxygen atoms in total. The van der Waals surface area contributed by atoms with Crippen LogP contribution in [0.3, 0.4) is 0 Å². The third-order valence-corrected chi connectivity index (χ3v) is 4.77. The predicted molar refractivity (Wildman–Crippen MR) is 92.5 cm³/mol. The quantitative estimate of drug-likeness (QED) is 0.841. The van der Waals surface area contributed by atoms with Crippen LogP contribution in [0.4, 0.5) is 4.79 Å². The summed E-state index contributed by atoms with van der Waals surface area (Å²) >= 11 is 0. The number of urea groups is 1. The van der Waals surface area contributed by atoms with Gasteiger partial charge in [-0.25, -0.2) is 4.79 Å². The van der Waals surface area contributed by atoms with Gasteiger partial charge in [0.2, 0.25) is 11.8 Å². The Morgan fingerprint density at radius 3 is 2.64 bits per heavy atom. The molecule has 2 fully saturated rings. The van der Waals surface area contributed by atoms with E-state index < -0.39 is 12.1 Å². The lowest BCUT2D eigenvalue weighted by atomic mass is 9.96. The lowest BCUT2D eigenvalue weighted by Gasteiger charge is -2.45. The van der Waals surface area contributed by atoms with Crippen LogP contribution < -0.4 is 10.6 Å².